The average molecular weight is 505 g/mol. The Morgan fingerprint density at radius 2 is 1.92 bits per heavy atom. The summed E-state index contributed by atoms with van der Waals surface area (Å²) < 4.78 is 41.7. The number of nitrogens with zero attached hydrogens (tertiary/aromatic N) is 3. The number of halogens is 2. The third kappa shape index (κ3) is 4.66. The molecule has 0 unspecified atom stereocenters. The molecule has 6 rings (SSSR count). The molecule has 0 spiro atoms. The SMILES string of the molecule is CC(C)N1CCOc2c(F)cc(-c3nc(Cc4ccc5cc(C6CCNCC6)oc5c4)ncc3F)cc21. The van der Waals surface area contributed by atoms with E-state index in [0.29, 0.717) is 42.6 Å². The molecule has 0 radical (unpaired) electrons. The maximum atomic E-state index is 15.0. The molecular formula is C29H30F2N4O2. The van der Waals surface area contributed by atoms with Gasteiger partial charge in [0.2, 0.25) is 0 Å². The number of aromatic nitrogens is 2. The molecule has 6 nitrogen and oxygen atoms in total. The molecule has 0 bridgehead atoms. The zero-order valence-corrected chi connectivity index (χ0v) is 21.1. The van der Waals surface area contributed by atoms with Gasteiger partial charge in [-0.05, 0) is 69.6 Å². The lowest BCUT2D eigenvalue weighted by Crippen LogP contribution is -2.38. The van der Waals surface area contributed by atoms with Crippen LogP contribution in [0.3, 0.4) is 0 Å². The Morgan fingerprint density at radius 3 is 2.73 bits per heavy atom. The first-order valence-electron chi connectivity index (χ1n) is 12.9. The lowest BCUT2D eigenvalue weighted by Gasteiger charge is -2.34. The number of hydrogen-bond donors (Lipinski definition) is 1. The molecule has 2 aromatic carbocycles. The minimum absolute atomic E-state index is 0.0771. The van der Waals surface area contributed by atoms with Crippen molar-refractivity contribution >= 4 is 16.7 Å². The fourth-order valence-corrected chi connectivity index (χ4v) is 5.36. The fraction of sp³-hybridized carbons (Fsp3) is 0.379. The summed E-state index contributed by atoms with van der Waals surface area (Å²) in [5.41, 5.74) is 2.85. The van der Waals surface area contributed by atoms with Gasteiger partial charge in [0.15, 0.2) is 17.4 Å². The van der Waals surface area contributed by atoms with E-state index >= 15 is 0 Å². The van der Waals surface area contributed by atoms with Crippen LogP contribution in [0.25, 0.3) is 22.2 Å². The number of piperidine rings is 1. The van der Waals surface area contributed by atoms with Gasteiger partial charge >= 0.3 is 0 Å². The number of anilines is 1. The van der Waals surface area contributed by atoms with E-state index in [1.807, 2.05) is 32.0 Å². The van der Waals surface area contributed by atoms with Gasteiger partial charge in [-0.2, -0.15) is 0 Å². The van der Waals surface area contributed by atoms with E-state index in [-0.39, 0.29) is 17.5 Å². The smallest absolute Gasteiger partial charge is 0.178 e. The summed E-state index contributed by atoms with van der Waals surface area (Å²) in [6.07, 6.45) is 3.71. The normalized spacial score (nSPS) is 16.3. The van der Waals surface area contributed by atoms with E-state index in [2.05, 4.69) is 26.3 Å². The number of hydrogen-bond acceptors (Lipinski definition) is 6. The molecule has 1 N–H and O–H groups in total. The Balaban J connectivity index is 1.30. The molecule has 2 aliphatic heterocycles. The minimum Gasteiger partial charge on any atom is -0.486 e. The van der Waals surface area contributed by atoms with Crippen molar-refractivity contribution in [2.45, 2.75) is 45.1 Å². The highest BCUT2D eigenvalue weighted by molar-refractivity contribution is 5.79. The van der Waals surface area contributed by atoms with Gasteiger partial charge in [0, 0.05) is 29.3 Å². The minimum atomic E-state index is -0.593. The van der Waals surface area contributed by atoms with E-state index in [1.54, 1.807) is 6.07 Å². The van der Waals surface area contributed by atoms with Crippen LogP contribution >= 0.6 is 0 Å². The van der Waals surface area contributed by atoms with Crippen molar-refractivity contribution in [3.05, 3.63) is 71.4 Å². The molecule has 1 saturated heterocycles. The molecule has 2 aromatic heterocycles. The maximum absolute atomic E-state index is 15.0. The Hall–Kier alpha value is -3.52. The number of fused-ring (bicyclic) bond motifs is 2. The zero-order valence-electron chi connectivity index (χ0n) is 21.1. The van der Waals surface area contributed by atoms with Gasteiger partial charge in [0.1, 0.15) is 29.5 Å². The summed E-state index contributed by atoms with van der Waals surface area (Å²) in [7, 11) is 0. The van der Waals surface area contributed by atoms with E-state index in [0.717, 1.165) is 54.4 Å². The van der Waals surface area contributed by atoms with Crippen LogP contribution in [0.1, 0.15) is 49.8 Å². The molecule has 4 aromatic rings. The molecule has 0 aliphatic carbocycles. The number of nitrogens with one attached hydrogen (secondary N) is 1. The number of benzene rings is 2. The third-order valence-corrected chi connectivity index (χ3v) is 7.31. The van der Waals surface area contributed by atoms with Crippen molar-refractivity contribution in [3.63, 3.8) is 0 Å². The molecule has 0 atom stereocenters. The number of rotatable bonds is 5. The summed E-state index contributed by atoms with van der Waals surface area (Å²) in [6, 6.07) is 11.4. The van der Waals surface area contributed by atoms with Crippen LogP contribution in [-0.2, 0) is 6.42 Å². The topological polar surface area (TPSA) is 63.4 Å². The van der Waals surface area contributed by atoms with Crippen LogP contribution in [-0.4, -0.2) is 42.3 Å². The van der Waals surface area contributed by atoms with E-state index in [9.17, 15) is 8.78 Å². The molecular weight excluding hydrogens is 474 g/mol. The standard InChI is InChI=1S/C29H30F2N4O2/c1-17(2)35-9-10-36-29-22(30)13-21(14-24(29)35)28-23(31)16-33-27(34-28)12-18-3-4-20-15-26(37-25(20)11-18)19-5-7-32-8-6-19/h3-4,11,13-17,19,32H,5-10,12H2,1-2H3. The molecule has 2 aliphatic rings. The molecule has 0 amide bonds. The highest BCUT2D eigenvalue weighted by atomic mass is 19.1. The number of ether oxygens (including phenoxy) is 1. The first kappa shape index (κ1) is 23.9. The van der Waals surface area contributed by atoms with Crippen LogP contribution in [0.15, 0.2) is 47.0 Å². The Labute approximate surface area is 214 Å². The molecule has 37 heavy (non-hydrogen) atoms. The van der Waals surface area contributed by atoms with Crippen LogP contribution < -0.4 is 15.0 Å². The largest absolute Gasteiger partial charge is 0.486 e. The van der Waals surface area contributed by atoms with E-state index in [1.165, 1.54) is 6.07 Å². The molecule has 192 valence electrons. The van der Waals surface area contributed by atoms with Crippen molar-refractivity contribution < 1.29 is 17.9 Å². The van der Waals surface area contributed by atoms with E-state index in [4.69, 9.17) is 9.15 Å². The van der Waals surface area contributed by atoms with Crippen molar-refractivity contribution in [2.75, 3.05) is 31.1 Å². The summed E-state index contributed by atoms with van der Waals surface area (Å²) in [6.45, 7) is 7.14. The Kier molecular flexibility index (Phi) is 6.28. The second-order valence-corrected chi connectivity index (χ2v) is 10.1. The lowest BCUT2D eigenvalue weighted by molar-refractivity contribution is 0.287. The van der Waals surface area contributed by atoms with Crippen LogP contribution in [0, 0.1) is 11.6 Å². The van der Waals surface area contributed by atoms with Crippen LogP contribution in [0.2, 0.25) is 0 Å². The van der Waals surface area contributed by atoms with Gasteiger partial charge in [0.05, 0.1) is 18.4 Å². The van der Waals surface area contributed by atoms with Crippen molar-refractivity contribution in [1.82, 2.24) is 15.3 Å². The van der Waals surface area contributed by atoms with Gasteiger partial charge in [-0.3, -0.25) is 0 Å². The summed E-state index contributed by atoms with van der Waals surface area (Å²) in [4.78, 5) is 10.8. The highest BCUT2D eigenvalue weighted by Gasteiger charge is 2.26. The summed E-state index contributed by atoms with van der Waals surface area (Å²) in [5, 5.41) is 4.46. The van der Waals surface area contributed by atoms with Gasteiger partial charge in [-0.1, -0.05) is 12.1 Å². The summed E-state index contributed by atoms with van der Waals surface area (Å²) >= 11 is 0. The van der Waals surface area contributed by atoms with Gasteiger partial charge in [0.25, 0.3) is 0 Å². The Bertz CT molecular complexity index is 1450. The maximum Gasteiger partial charge on any atom is 0.178 e. The molecule has 0 saturated carbocycles. The second kappa shape index (κ2) is 9.74. The third-order valence-electron chi connectivity index (χ3n) is 7.31. The van der Waals surface area contributed by atoms with Crippen LogP contribution in [0.4, 0.5) is 14.5 Å². The highest BCUT2D eigenvalue weighted by Crippen LogP contribution is 2.39. The van der Waals surface area contributed by atoms with Gasteiger partial charge in [-0.25, -0.2) is 18.7 Å². The van der Waals surface area contributed by atoms with Crippen molar-refractivity contribution in [3.8, 4) is 17.0 Å². The molecule has 1 fully saturated rings. The second-order valence-electron chi connectivity index (χ2n) is 10.1. The first-order chi connectivity index (χ1) is 18.0. The monoisotopic (exact) mass is 504 g/mol. The average Bonchev–Trinajstić information content (AvgIpc) is 3.33. The van der Waals surface area contributed by atoms with Gasteiger partial charge < -0.3 is 19.4 Å². The fourth-order valence-electron chi connectivity index (χ4n) is 5.36. The van der Waals surface area contributed by atoms with Crippen molar-refractivity contribution in [2.24, 2.45) is 0 Å². The predicted molar refractivity (Wildman–Crippen MR) is 139 cm³/mol. The Morgan fingerprint density at radius 1 is 1.08 bits per heavy atom. The van der Waals surface area contributed by atoms with E-state index < -0.39 is 11.6 Å². The zero-order chi connectivity index (χ0) is 25.5. The predicted octanol–water partition coefficient (Wildman–Crippen LogP) is 5.83. The summed E-state index contributed by atoms with van der Waals surface area (Å²) in [5.74, 6) is 1.01. The molecule has 8 heteroatoms. The van der Waals surface area contributed by atoms with Crippen LogP contribution in [0.5, 0.6) is 5.75 Å². The lowest BCUT2D eigenvalue weighted by atomic mass is 9.95. The number of furan rings is 1. The first-order valence-corrected chi connectivity index (χ1v) is 12.9. The van der Waals surface area contributed by atoms with Crippen molar-refractivity contribution in [1.29, 1.82) is 0 Å². The molecule has 4 heterocycles. The van der Waals surface area contributed by atoms with Gasteiger partial charge in [-0.15, -0.1) is 0 Å². The quantitative estimate of drug-likeness (QED) is 0.369.